The van der Waals surface area contributed by atoms with Gasteiger partial charge in [0.2, 0.25) is 0 Å². The monoisotopic (exact) mass is 182 g/mol. The van der Waals surface area contributed by atoms with Crippen molar-refractivity contribution in [1.82, 2.24) is 0 Å². The normalized spacial score (nSPS) is 8.14. The molecule has 0 spiro atoms. The molecule has 66 valence electrons. The molecule has 0 heterocycles. The van der Waals surface area contributed by atoms with Crippen molar-refractivity contribution in [1.29, 1.82) is 10.5 Å². The molecule has 0 bridgehead atoms. The summed E-state index contributed by atoms with van der Waals surface area (Å²) in [6.45, 7) is 0. The standard InChI is InChI=1S/C11H6N2O/c12-6-10(7-13)11(8-14)9-4-2-1-3-5-9/h1-5,8H. The summed E-state index contributed by atoms with van der Waals surface area (Å²) in [4.78, 5) is 10.7. The molecule has 0 aliphatic rings. The van der Waals surface area contributed by atoms with Crippen LogP contribution in [-0.4, -0.2) is 6.29 Å². The first-order chi connectivity index (χ1) is 6.83. The molecule has 0 fully saturated rings. The summed E-state index contributed by atoms with van der Waals surface area (Å²) in [7, 11) is 0. The molecule has 0 aliphatic carbocycles. The minimum Gasteiger partial charge on any atom is -0.298 e. The Kier molecular flexibility index (Phi) is 3.18. The van der Waals surface area contributed by atoms with Crippen molar-refractivity contribution in [2.75, 3.05) is 0 Å². The minimum atomic E-state index is -0.161. The van der Waals surface area contributed by atoms with Gasteiger partial charge in [-0.05, 0) is 5.56 Å². The Bertz CT molecular complexity index is 430. The first-order valence-electron chi connectivity index (χ1n) is 3.88. The van der Waals surface area contributed by atoms with Gasteiger partial charge in [0.15, 0.2) is 6.29 Å². The summed E-state index contributed by atoms with van der Waals surface area (Å²) in [5.41, 5.74) is 0.558. The zero-order valence-corrected chi connectivity index (χ0v) is 7.27. The molecule has 0 saturated carbocycles. The molecule has 1 aromatic rings. The summed E-state index contributed by atoms with van der Waals surface area (Å²) in [6, 6.07) is 12.0. The number of benzene rings is 1. The van der Waals surface area contributed by atoms with Gasteiger partial charge in [-0.25, -0.2) is 0 Å². The van der Waals surface area contributed by atoms with Crippen LogP contribution in [0, 0.1) is 22.7 Å². The fourth-order valence-corrected chi connectivity index (χ4v) is 1.03. The largest absolute Gasteiger partial charge is 0.298 e. The molecule has 0 atom stereocenters. The second kappa shape index (κ2) is 4.59. The van der Waals surface area contributed by atoms with Gasteiger partial charge in [-0.15, -0.1) is 0 Å². The average Bonchev–Trinajstić information content (AvgIpc) is 2.27. The first-order valence-corrected chi connectivity index (χ1v) is 3.88. The number of hydrogen-bond acceptors (Lipinski definition) is 3. The van der Waals surface area contributed by atoms with Gasteiger partial charge in [0.05, 0.1) is 5.57 Å². The van der Waals surface area contributed by atoms with Crippen LogP contribution in [0.1, 0.15) is 5.56 Å². The van der Waals surface area contributed by atoms with Gasteiger partial charge >= 0.3 is 0 Å². The Morgan fingerprint density at radius 2 is 1.71 bits per heavy atom. The Labute approximate surface area is 81.5 Å². The third kappa shape index (κ3) is 1.85. The van der Waals surface area contributed by atoms with E-state index in [1.165, 1.54) is 0 Å². The number of aldehydes is 1. The second-order valence-electron chi connectivity index (χ2n) is 2.50. The maximum atomic E-state index is 10.7. The summed E-state index contributed by atoms with van der Waals surface area (Å²) < 4.78 is 0. The predicted octanol–water partition coefficient (Wildman–Crippen LogP) is 1.69. The molecule has 0 N–H and O–H groups in total. The Morgan fingerprint density at radius 1 is 1.14 bits per heavy atom. The Balaban J connectivity index is 3.33. The quantitative estimate of drug-likeness (QED) is 0.397. The zero-order valence-electron chi connectivity index (χ0n) is 7.27. The molecule has 3 heteroatoms. The highest BCUT2D eigenvalue weighted by atomic mass is 16.1. The van der Waals surface area contributed by atoms with Crippen molar-refractivity contribution in [3.05, 3.63) is 41.5 Å². The molecule has 1 aromatic carbocycles. The van der Waals surface area contributed by atoms with Crippen molar-refractivity contribution in [2.45, 2.75) is 0 Å². The number of carbonyl (C=O) groups excluding carboxylic acids is 1. The van der Waals surface area contributed by atoms with E-state index in [2.05, 4.69) is 0 Å². The van der Waals surface area contributed by atoms with Crippen molar-refractivity contribution >= 4 is 11.9 Å². The fourth-order valence-electron chi connectivity index (χ4n) is 1.03. The van der Waals surface area contributed by atoms with Gasteiger partial charge in [-0.2, -0.15) is 10.5 Å². The van der Waals surface area contributed by atoms with Crippen LogP contribution in [0.25, 0.3) is 5.57 Å². The molecule has 14 heavy (non-hydrogen) atoms. The van der Waals surface area contributed by atoms with Crippen LogP contribution >= 0.6 is 0 Å². The average molecular weight is 182 g/mol. The van der Waals surface area contributed by atoms with E-state index in [4.69, 9.17) is 10.5 Å². The number of carbonyl (C=O) groups is 1. The van der Waals surface area contributed by atoms with E-state index in [1.807, 2.05) is 0 Å². The lowest BCUT2D eigenvalue weighted by molar-refractivity contribution is -0.103. The highest BCUT2D eigenvalue weighted by molar-refractivity contribution is 6.10. The third-order valence-electron chi connectivity index (χ3n) is 1.70. The highest BCUT2D eigenvalue weighted by Gasteiger charge is 2.06. The lowest BCUT2D eigenvalue weighted by Crippen LogP contribution is -1.89. The molecule has 0 amide bonds. The molecular formula is C11H6N2O. The molecule has 3 nitrogen and oxygen atoms in total. The summed E-state index contributed by atoms with van der Waals surface area (Å²) in [5, 5.41) is 17.2. The fraction of sp³-hybridized carbons (Fsp3) is 0. The molecule has 0 saturated heterocycles. The molecule has 0 radical (unpaired) electrons. The topological polar surface area (TPSA) is 64.7 Å². The van der Waals surface area contributed by atoms with Gasteiger partial charge in [0.1, 0.15) is 17.7 Å². The van der Waals surface area contributed by atoms with E-state index in [1.54, 1.807) is 42.5 Å². The molecule has 0 aliphatic heterocycles. The van der Waals surface area contributed by atoms with E-state index in [0.717, 1.165) is 0 Å². The zero-order chi connectivity index (χ0) is 10.4. The Morgan fingerprint density at radius 3 is 2.14 bits per heavy atom. The lowest BCUT2D eigenvalue weighted by Gasteiger charge is -1.97. The van der Waals surface area contributed by atoms with E-state index in [0.29, 0.717) is 11.8 Å². The van der Waals surface area contributed by atoms with E-state index in [9.17, 15) is 4.79 Å². The van der Waals surface area contributed by atoms with Gasteiger partial charge in [0, 0.05) is 0 Å². The smallest absolute Gasteiger partial charge is 0.152 e. The molecule has 0 unspecified atom stereocenters. The lowest BCUT2D eigenvalue weighted by atomic mass is 10.0. The number of hydrogen-bond donors (Lipinski definition) is 0. The van der Waals surface area contributed by atoms with Crippen molar-refractivity contribution < 1.29 is 4.79 Å². The van der Waals surface area contributed by atoms with Crippen LogP contribution in [0.15, 0.2) is 35.9 Å². The van der Waals surface area contributed by atoms with Crippen LogP contribution in [0.3, 0.4) is 0 Å². The molecular weight excluding hydrogens is 176 g/mol. The van der Waals surface area contributed by atoms with Crippen LogP contribution < -0.4 is 0 Å². The highest BCUT2D eigenvalue weighted by Crippen LogP contribution is 2.15. The van der Waals surface area contributed by atoms with Crippen molar-refractivity contribution in [2.24, 2.45) is 0 Å². The number of rotatable bonds is 2. The van der Waals surface area contributed by atoms with Gasteiger partial charge in [-0.1, -0.05) is 30.3 Å². The van der Waals surface area contributed by atoms with E-state index in [-0.39, 0.29) is 11.1 Å². The molecule has 0 aromatic heterocycles. The predicted molar refractivity (Wildman–Crippen MR) is 50.7 cm³/mol. The minimum absolute atomic E-state index is 0.135. The number of nitrogens with zero attached hydrogens (tertiary/aromatic N) is 2. The second-order valence-corrected chi connectivity index (χ2v) is 2.50. The van der Waals surface area contributed by atoms with Gasteiger partial charge in [-0.3, -0.25) is 4.79 Å². The van der Waals surface area contributed by atoms with Crippen LogP contribution in [0.2, 0.25) is 0 Å². The number of nitriles is 2. The first kappa shape index (κ1) is 9.70. The number of allylic oxidation sites excluding steroid dienone is 2. The summed E-state index contributed by atoms with van der Waals surface area (Å²) in [6.07, 6.45) is 0.525. The van der Waals surface area contributed by atoms with Crippen LogP contribution in [-0.2, 0) is 4.79 Å². The van der Waals surface area contributed by atoms with Crippen molar-refractivity contribution in [3.63, 3.8) is 0 Å². The van der Waals surface area contributed by atoms with E-state index >= 15 is 0 Å². The summed E-state index contributed by atoms with van der Waals surface area (Å²) in [5.74, 6) is 0. The van der Waals surface area contributed by atoms with E-state index < -0.39 is 0 Å². The van der Waals surface area contributed by atoms with Crippen LogP contribution in [0.4, 0.5) is 0 Å². The maximum absolute atomic E-state index is 10.7. The van der Waals surface area contributed by atoms with Gasteiger partial charge in [0.25, 0.3) is 0 Å². The maximum Gasteiger partial charge on any atom is 0.152 e. The SMILES string of the molecule is N#CC(C#N)=C(C=O)c1ccccc1. The van der Waals surface area contributed by atoms with Crippen molar-refractivity contribution in [3.8, 4) is 12.1 Å². The molecule has 1 rings (SSSR count). The Hall–Kier alpha value is -2.39. The summed E-state index contributed by atoms with van der Waals surface area (Å²) >= 11 is 0. The van der Waals surface area contributed by atoms with Crippen LogP contribution in [0.5, 0.6) is 0 Å². The van der Waals surface area contributed by atoms with Gasteiger partial charge < -0.3 is 0 Å². The third-order valence-corrected chi connectivity index (χ3v) is 1.70.